The lowest BCUT2D eigenvalue weighted by atomic mass is 9.77. The minimum Gasteiger partial charge on any atom is -0.307 e. The molecule has 1 aromatic rings. The molecule has 4 atom stereocenters. The van der Waals surface area contributed by atoms with Gasteiger partial charge in [0.2, 0.25) is 0 Å². The van der Waals surface area contributed by atoms with Gasteiger partial charge in [0.1, 0.15) is 0 Å². The van der Waals surface area contributed by atoms with Crippen LogP contribution >= 0.6 is 0 Å². The summed E-state index contributed by atoms with van der Waals surface area (Å²) in [6.07, 6.45) is 3.99. The van der Waals surface area contributed by atoms with Crippen LogP contribution in [0.3, 0.4) is 0 Å². The molecule has 2 rings (SSSR count). The fourth-order valence-electron chi connectivity index (χ4n) is 3.08. The third-order valence-electron chi connectivity index (χ3n) is 4.71. The first-order chi connectivity index (χ1) is 9.11. The van der Waals surface area contributed by atoms with Crippen molar-refractivity contribution in [2.45, 2.75) is 52.1 Å². The molecule has 0 aromatic heterocycles. The molecule has 102 valence electrons. The normalized spacial score (nSPS) is 28.6. The molecule has 0 radical (unpaired) electrons. The Morgan fingerprint density at radius 3 is 2.53 bits per heavy atom. The predicted molar refractivity (Wildman–Crippen MR) is 78.7 cm³/mol. The van der Waals surface area contributed by atoms with Crippen molar-refractivity contribution in [3.8, 4) is 6.07 Å². The number of nitrogens with one attached hydrogen (secondary N) is 1. The SMILES string of the molecule is C[C@@H]1[C@@H](C)CCC[C@H]1N[C@@H](C)c1ccc(C#N)cc1. The summed E-state index contributed by atoms with van der Waals surface area (Å²) >= 11 is 0. The van der Waals surface area contributed by atoms with Gasteiger partial charge in [-0.25, -0.2) is 0 Å². The zero-order valence-electron chi connectivity index (χ0n) is 12.2. The van der Waals surface area contributed by atoms with Crippen LogP contribution in [0, 0.1) is 23.2 Å². The van der Waals surface area contributed by atoms with Crippen molar-refractivity contribution in [3.05, 3.63) is 35.4 Å². The number of hydrogen-bond donors (Lipinski definition) is 1. The quantitative estimate of drug-likeness (QED) is 0.886. The topological polar surface area (TPSA) is 35.8 Å². The molecule has 0 unspecified atom stereocenters. The van der Waals surface area contributed by atoms with Crippen molar-refractivity contribution in [1.82, 2.24) is 5.32 Å². The summed E-state index contributed by atoms with van der Waals surface area (Å²) in [5.41, 5.74) is 2.00. The summed E-state index contributed by atoms with van der Waals surface area (Å²) < 4.78 is 0. The summed E-state index contributed by atoms with van der Waals surface area (Å²) in [5.74, 6) is 1.56. The van der Waals surface area contributed by atoms with Gasteiger partial charge in [-0.1, -0.05) is 38.8 Å². The molecule has 1 N–H and O–H groups in total. The molecule has 1 fully saturated rings. The molecule has 0 saturated heterocycles. The van der Waals surface area contributed by atoms with E-state index >= 15 is 0 Å². The molecule has 0 aliphatic heterocycles. The number of hydrogen-bond acceptors (Lipinski definition) is 2. The fourth-order valence-corrected chi connectivity index (χ4v) is 3.08. The largest absolute Gasteiger partial charge is 0.307 e. The summed E-state index contributed by atoms with van der Waals surface area (Å²) in [5, 5.41) is 12.6. The molecule has 0 bridgehead atoms. The lowest BCUT2D eigenvalue weighted by Crippen LogP contribution is -2.41. The highest BCUT2D eigenvalue weighted by molar-refractivity contribution is 5.32. The Morgan fingerprint density at radius 1 is 1.21 bits per heavy atom. The van der Waals surface area contributed by atoms with E-state index in [1.165, 1.54) is 24.8 Å². The summed E-state index contributed by atoms with van der Waals surface area (Å²) in [6.45, 7) is 6.95. The fraction of sp³-hybridized carbons (Fsp3) is 0.588. The Morgan fingerprint density at radius 2 is 1.89 bits per heavy atom. The minimum absolute atomic E-state index is 0.352. The average Bonchev–Trinajstić information content (AvgIpc) is 2.44. The maximum Gasteiger partial charge on any atom is 0.0991 e. The third kappa shape index (κ3) is 3.36. The van der Waals surface area contributed by atoms with E-state index in [0.29, 0.717) is 12.1 Å². The standard InChI is InChI=1S/C17H24N2/c1-12-5-4-6-17(13(12)2)19-14(3)16-9-7-15(11-18)8-10-16/h7-10,12-14,17,19H,4-6H2,1-3H3/t12-,13+,14-,17+/m0/s1. The maximum atomic E-state index is 8.83. The first kappa shape index (κ1) is 14.1. The first-order valence-corrected chi connectivity index (χ1v) is 7.38. The lowest BCUT2D eigenvalue weighted by Gasteiger charge is -2.36. The minimum atomic E-state index is 0.352. The third-order valence-corrected chi connectivity index (χ3v) is 4.71. The van der Waals surface area contributed by atoms with E-state index in [4.69, 9.17) is 5.26 Å². The van der Waals surface area contributed by atoms with Crippen LogP contribution in [0.4, 0.5) is 0 Å². The molecule has 1 aromatic carbocycles. The Kier molecular flexibility index (Phi) is 4.61. The van der Waals surface area contributed by atoms with Gasteiger partial charge in [0, 0.05) is 12.1 Å². The van der Waals surface area contributed by atoms with E-state index in [9.17, 15) is 0 Å². The Hall–Kier alpha value is -1.33. The van der Waals surface area contributed by atoms with E-state index in [2.05, 4.69) is 44.3 Å². The molecule has 2 heteroatoms. The highest BCUT2D eigenvalue weighted by atomic mass is 15.0. The summed E-state index contributed by atoms with van der Waals surface area (Å²) in [7, 11) is 0. The van der Waals surface area contributed by atoms with Crippen molar-refractivity contribution < 1.29 is 0 Å². The Bertz CT molecular complexity index is 443. The van der Waals surface area contributed by atoms with Gasteiger partial charge >= 0.3 is 0 Å². The Balaban J connectivity index is 1.99. The summed E-state index contributed by atoms with van der Waals surface area (Å²) in [6, 6.07) is 11.1. The molecule has 2 nitrogen and oxygen atoms in total. The van der Waals surface area contributed by atoms with Gasteiger partial charge in [-0.3, -0.25) is 0 Å². The molecule has 1 aliphatic rings. The van der Waals surface area contributed by atoms with Crippen LogP contribution < -0.4 is 5.32 Å². The molecule has 1 saturated carbocycles. The van der Waals surface area contributed by atoms with Gasteiger partial charge in [-0.2, -0.15) is 5.26 Å². The monoisotopic (exact) mass is 256 g/mol. The van der Waals surface area contributed by atoms with Gasteiger partial charge in [-0.05, 0) is 42.9 Å². The van der Waals surface area contributed by atoms with Crippen LogP contribution in [0.2, 0.25) is 0 Å². The van der Waals surface area contributed by atoms with Gasteiger partial charge in [0.05, 0.1) is 11.6 Å². The van der Waals surface area contributed by atoms with Gasteiger partial charge in [0.15, 0.2) is 0 Å². The van der Waals surface area contributed by atoms with Crippen molar-refractivity contribution in [1.29, 1.82) is 5.26 Å². The Labute approximate surface area is 116 Å². The number of rotatable bonds is 3. The van der Waals surface area contributed by atoms with E-state index < -0.39 is 0 Å². The number of nitrogens with zero attached hydrogens (tertiary/aromatic N) is 1. The van der Waals surface area contributed by atoms with Crippen molar-refractivity contribution in [3.63, 3.8) is 0 Å². The maximum absolute atomic E-state index is 8.83. The molecule has 1 aliphatic carbocycles. The zero-order chi connectivity index (χ0) is 13.8. The molecule has 0 amide bonds. The molecular formula is C17H24N2. The van der Waals surface area contributed by atoms with Crippen molar-refractivity contribution in [2.24, 2.45) is 11.8 Å². The predicted octanol–water partition coefficient (Wildman–Crippen LogP) is 4.03. The van der Waals surface area contributed by atoms with Crippen LogP contribution in [-0.2, 0) is 0 Å². The lowest BCUT2D eigenvalue weighted by molar-refractivity contribution is 0.196. The van der Waals surface area contributed by atoms with Crippen molar-refractivity contribution in [2.75, 3.05) is 0 Å². The van der Waals surface area contributed by atoms with E-state index in [1.54, 1.807) is 0 Å². The second kappa shape index (κ2) is 6.21. The second-order valence-electron chi connectivity index (χ2n) is 6.00. The van der Waals surface area contributed by atoms with Crippen LogP contribution in [0.25, 0.3) is 0 Å². The van der Waals surface area contributed by atoms with E-state index in [-0.39, 0.29) is 0 Å². The van der Waals surface area contributed by atoms with Gasteiger partial charge in [0.25, 0.3) is 0 Å². The van der Waals surface area contributed by atoms with Gasteiger partial charge in [-0.15, -0.1) is 0 Å². The van der Waals surface area contributed by atoms with E-state index in [1.807, 2.05) is 12.1 Å². The highest BCUT2D eigenvalue weighted by Gasteiger charge is 2.27. The first-order valence-electron chi connectivity index (χ1n) is 7.38. The molecule has 19 heavy (non-hydrogen) atoms. The molecular weight excluding hydrogens is 232 g/mol. The van der Waals surface area contributed by atoms with Crippen LogP contribution in [-0.4, -0.2) is 6.04 Å². The average molecular weight is 256 g/mol. The van der Waals surface area contributed by atoms with E-state index in [0.717, 1.165) is 17.4 Å². The number of nitriles is 1. The number of benzene rings is 1. The highest BCUT2D eigenvalue weighted by Crippen LogP contribution is 2.31. The van der Waals surface area contributed by atoms with Crippen LogP contribution in [0.1, 0.15) is 57.2 Å². The zero-order valence-corrected chi connectivity index (χ0v) is 12.2. The van der Waals surface area contributed by atoms with Crippen molar-refractivity contribution >= 4 is 0 Å². The summed E-state index contributed by atoms with van der Waals surface area (Å²) in [4.78, 5) is 0. The molecule has 0 heterocycles. The van der Waals surface area contributed by atoms with Crippen LogP contribution in [0.5, 0.6) is 0 Å². The van der Waals surface area contributed by atoms with Gasteiger partial charge < -0.3 is 5.32 Å². The van der Waals surface area contributed by atoms with Crippen LogP contribution in [0.15, 0.2) is 24.3 Å². The molecule has 0 spiro atoms. The second-order valence-corrected chi connectivity index (χ2v) is 6.00. The smallest absolute Gasteiger partial charge is 0.0991 e.